The molecule has 0 saturated carbocycles. The number of nitrogen functional groups attached to an aromatic ring is 2. The zero-order valence-corrected chi connectivity index (χ0v) is 13.3. The van der Waals surface area contributed by atoms with Crippen LogP contribution in [0.1, 0.15) is 31.9 Å². The van der Waals surface area contributed by atoms with E-state index in [1.807, 2.05) is 6.92 Å². The van der Waals surface area contributed by atoms with Gasteiger partial charge in [0.2, 0.25) is 0 Å². The van der Waals surface area contributed by atoms with Crippen LogP contribution in [0.15, 0.2) is 36.2 Å². The molecule has 0 fully saturated rings. The molecule has 0 radical (unpaired) electrons. The van der Waals surface area contributed by atoms with Crippen molar-refractivity contribution in [3.63, 3.8) is 0 Å². The Kier molecular flexibility index (Phi) is 6.20. The van der Waals surface area contributed by atoms with Crippen LogP contribution in [-0.4, -0.2) is 20.8 Å². The number of hydrogen-bond donors (Lipinski definition) is 4. The summed E-state index contributed by atoms with van der Waals surface area (Å²) < 4.78 is 13.2. The minimum atomic E-state index is -0.663. The van der Waals surface area contributed by atoms with E-state index < -0.39 is 5.82 Å². The summed E-state index contributed by atoms with van der Waals surface area (Å²) in [5.74, 6) is -0.903. The van der Waals surface area contributed by atoms with Crippen molar-refractivity contribution in [2.45, 2.75) is 20.8 Å². The third-order valence-corrected chi connectivity index (χ3v) is 2.90. The number of halogens is 1. The summed E-state index contributed by atoms with van der Waals surface area (Å²) in [6.07, 6.45) is 3.25. The minimum Gasteiger partial charge on any atom is -0.508 e. The maximum absolute atomic E-state index is 13.2. The van der Waals surface area contributed by atoms with Gasteiger partial charge in [-0.3, -0.25) is 5.41 Å². The molecule has 122 valence electrons. The lowest BCUT2D eigenvalue weighted by Gasteiger charge is -2.09. The Morgan fingerprint density at radius 2 is 1.70 bits per heavy atom. The Labute approximate surface area is 134 Å². The summed E-state index contributed by atoms with van der Waals surface area (Å²) in [5.41, 5.74) is 12.7. The molecule has 1 aromatic carbocycles. The van der Waals surface area contributed by atoms with Gasteiger partial charge in [-0.15, -0.1) is 0 Å². The van der Waals surface area contributed by atoms with Crippen molar-refractivity contribution in [2.75, 3.05) is 11.5 Å². The zero-order chi connectivity index (χ0) is 17.6. The van der Waals surface area contributed by atoms with E-state index in [0.717, 1.165) is 12.1 Å². The van der Waals surface area contributed by atoms with Gasteiger partial charge in [0, 0.05) is 11.6 Å². The van der Waals surface area contributed by atoms with Crippen LogP contribution >= 0.6 is 0 Å². The number of nitrogens with one attached hydrogen (secondary N) is 1. The number of nitrogens with two attached hydrogens (primary N) is 2. The van der Waals surface area contributed by atoms with Gasteiger partial charge in [0.1, 0.15) is 29.5 Å². The molecule has 0 amide bonds. The number of rotatable bonds is 2. The average Bonchev–Trinajstić information content (AvgIpc) is 2.46. The van der Waals surface area contributed by atoms with E-state index in [2.05, 4.69) is 29.9 Å². The second kappa shape index (κ2) is 7.88. The fourth-order valence-corrected chi connectivity index (χ4v) is 1.53. The van der Waals surface area contributed by atoms with Crippen molar-refractivity contribution in [1.29, 1.82) is 5.41 Å². The third-order valence-electron chi connectivity index (χ3n) is 2.90. The minimum absolute atomic E-state index is 0.0243. The topological polar surface area (TPSA) is 122 Å². The van der Waals surface area contributed by atoms with Gasteiger partial charge in [0.05, 0.1) is 11.3 Å². The fraction of sp³-hybridized carbons (Fsp3) is 0.188. The highest BCUT2D eigenvalue weighted by molar-refractivity contribution is 6.16. The smallest absolute Gasteiger partial charge is 0.138 e. The Balaban J connectivity index is 0.000000463. The molecule has 1 heterocycles. The maximum atomic E-state index is 13.2. The van der Waals surface area contributed by atoms with Crippen molar-refractivity contribution in [3.05, 3.63) is 53.1 Å². The summed E-state index contributed by atoms with van der Waals surface area (Å²) in [6, 6.07) is 3.26. The molecule has 2 rings (SSSR count). The predicted octanol–water partition coefficient (Wildman–Crippen LogP) is 2.87. The molecule has 6 nitrogen and oxygen atoms in total. The standard InChI is InChI=1S/C11H10FN5O.C5H10/c12-6-1-5(2-7(18)3-6)9(13)8-10(14)16-4-17-11(8)15;1-4-5(2)3/h1-4,13,18H,(H4,14,15,16,17);4H,1-3H3. The first kappa shape index (κ1) is 18.1. The zero-order valence-electron chi connectivity index (χ0n) is 13.3. The average molecular weight is 317 g/mol. The van der Waals surface area contributed by atoms with E-state index in [-0.39, 0.29) is 34.2 Å². The van der Waals surface area contributed by atoms with E-state index >= 15 is 0 Å². The van der Waals surface area contributed by atoms with Crippen LogP contribution in [0, 0.1) is 11.2 Å². The highest BCUT2D eigenvalue weighted by atomic mass is 19.1. The lowest BCUT2D eigenvalue weighted by Crippen LogP contribution is -2.12. The molecule has 0 aliphatic heterocycles. The highest BCUT2D eigenvalue weighted by Gasteiger charge is 2.15. The largest absolute Gasteiger partial charge is 0.508 e. The summed E-state index contributed by atoms with van der Waals surface area (Å²) >= 11 is 0. The maximum Gasteiger partial charge on any atom is 0.138 e. The van der Waals surface area contributed by atoms with Crippen molar-refractivity contribution in [1.82, 2.24) is 9.97 Å². The van der Waals surface area contributed by atoms with E-state index in [9.17, 15) is 9.50 Å². The van der Waals surface area contributed by atoms with Gasteiger partial charge in [-0.1, -0.05) is 11.6 Å². The Morgan fingerprint density at radius 1 is 1.17 bits per heavy atom. The van der Waals surface area contributed by atoms with Crippen LogP contribution < -0.4 is 11.5 Å². The number of phenolic OH excluding ortho intramolecular Hbond substituents is 1. The van der Waals surface area contributed by atoms with Gasteiger partial charge in [-0.25, -0.2) is 14.4 Å². The first-order valence-electron chi connectivity index (χ1n) is 6.80. The summed E-state index contributed by atoms with van der Waals surface area (Å²) in [4.78, 5) is 7.44. The predicted molar refractivity (Wildman–Crippen MR) is 90.0 cm³/mol. The van der Waals surface area contributed by atoms with Gasteiger partial charge in [-0.05, 0) is 32.9 Å². The normalized spacial score (nSPS) is 9.57. The number of benzene rings is 1. The number of nitrogens with zero attached hydrogens (tertiary/aromatic N) is 2. The molecular formula is C16H20FN5O. The van der Waals surface area contributed by atoms with E-state index in [1.54, 1.807) is 0 Å². The van der Waals surface area contributed by atoms with Gasteiger partial charge in [0.15, 0.2) is 0 Å². The molecule has 7 heteroatoms. The SMILES string of the molecule is CC=C(C)C.N=C(c1cc(O)cc(F)c1)c1c(N)ncnc1N. The molecule has 23 heavy (non-hydrogen) atoms. The number of anilines is 2. The fourth-order valence-electron chi connectivity index (χ4n) is 1.53. The molecule has 1 aromatic heterocycles. The number of aromatic hydroxyl groups is 1. The third kappa shape index (κ3) is 5.06. The van der Waals surface area contributed by atoms with E-state index in [4.69, 9.17) is 16.9 Å². The molecule has 0 bridgehead atoms. The van der Waals surface area contributed by atoms with Crippen molar-refractivity contribution in [3.8, 4) is 5.75 Å². The number of hydrogen-bond acceptors (Lipinski definition) is 6. The first-order chi connectivity index (χ1) is 10.8. The van der Waals surface area contributed by atoms with Gasteiger partial charge < -0.3 is 16.6 Å². The molecule has 0 spiro atoms. The van der Waals surface area contributed by atoms with Crippen molar-refractivity contribution >= 4 is 17.3 Å². The molecule has 0 aliphatic carbocycles. The molecule has 0 atom stereocenters. The summed E-state index contributed by atoms with van der Waals surface area (Å²) in [6.45, 7) is 6.20. The molecule has 0 saturated heterocycles. The van der Waals surface area contributed by atoms with Crippen LogP contribution in [-0.2, 0) is 0 Å². The van der Waals surface area contributed by atoms with E-state index in [0.29, 0.717) is 0 Å². The second-order valence-corrected chi connectivity index (χ2v) is 4.96. The van der Waals surface area contributed by atoms with Gasteiger partial charge >= 0.3 is 0 Å². The van der Waals surface area contributed by atoms with E-state index in [1.165, 1.54) is 18.0 Å². The van der Waals surface area contributed by atoms with Crippen molar-refractivity contribution < 1.29 is 9.50 Å². The lowest BCUT2D eigenvalue weighted by atomic mass is 10.0. The molecule has 0 aliphatic rings. The second-order valence-electron chi connectivity index (χ2n) is 4.96. The molecular weight excluding hydrogens is 297 g/mol. The monoisotopic (exact) mass is 317 g/mol. The lowest BCUT2D eigenvalue weighted by molar-refractivity contribution is 0.469. The molecule has 6 N–H and O–H groups in total. The highest BCUT2D eigenvalue weighted by Crippen LogP contribution is 2.22. The number of allylic oxidation sites excluding steroid dienone is 2. The van der Waals surface area contributed by atoms with Gasteiger partial charge in [0.25, 0.3) is 0 Å². The molecule has 0 unspecified atom stereocenters. The van der Waals surface area contributed by atoms with Crippen LogP contribution in [0.5, 0.6) is 5.75 Å². The molecule has 2 aromatic rings. The summed E-state index contributed by atoms with van der Waals surface area (Å²) in [5, 5.41) is 17.2. The first-order valence-corrected chi connectivity index (χ1v) is 6.80. The Morgan fingerprint density at radius 3 is 2.13 bits per heavy atom. The van der Waals surface area contributed by atoms with Crippen LogP contribution in [0.25, 0.3) is 0 Å². The van der Waals surface area contributed by atoms with Crippen LogP contribution in [0.4, 0.5) is 16.0 Å². The van der Waals surface area contributed by atoms with Crippen LogP contribution in [0.2, 0.25) is 0 Å². The summed E-state index contributed by atoms with van der Waals surface area (Å²) in [7, 11) is 0. The number of aromatic nitrogens is 2. The Bertz CT molecular complexity index is 699. The van der Waals surface area contributed by atoms with Crippen molar-refractivity contribution in [2.24, 2.45) is 0 Å². The Hall–Kier alpha value is -2.96. The van der Waals surface area contributed by atoms with Crippen LogP contribution in [0.3, 0.4) is 0 Å². The number of phenols is 1. The van der Waals surface area contributed by atoms with Gasteiger partial charge in [-0.2, -0.15) is 0 Å². The quantitative estimate of drug-likeness (QED) is 0.501.